The van der Waals surface area contributed by atoms with E-state index in [2.05, 4.69) is 59.8 Å². The van der Waals surface area contributed by atoms with E-state index in [4.69, 9.17) is 4.74 Å². The van der Waals surface area contributed by atoms with Crippen LogP contribution in [0, 0.1) is 11.5 Å². The van der Waals surface area contributed by atoms with Crippen molar-refractivity contribution in [3.05, 3.63) is 47.6 Å². The normalized spacial score (nSPS) is 12.5. The molecular formula is C20H29Cl2O2Ti-3. The summed E-state index contributed by atoms with van der Waals surface area (Å²) in [6.45, 7) is 12.9. The van der Waals surface area contributed by atoms with Crippen molar-refractivity contribution in [2.45, 2.75) is 53.4 Å². The number of ether oxygens (including phenoxy) is 1. The second-order valence-corrected chi connectivity index (χ2v) is 7.62. The van der Waals surface area contributed by atoms with Crippen molar-refractivity contribution in [2.24, 2.45) is 5.41 Å². The van der Waals surface area contributed by atoms with Crippen molar-refractivity contribution in [3.8, 4) is 11.5 Å². The summed E-state index contributed by atoms with van der Waals surface area (Å²) in [4.78, 5) is 0. The maximum absolute atomic E-state index is 9.41. The van der Waals surface area contributed by atoms with Gasteiger partial charge in [0.15, 0.2) is 0 Å². The zero-order valence-corrected chi connectivity index (χ0v) is 19.3. The molecule has 0 spiro atoms. The van der Waals surface area contributed by atoms with Gasteiger partial charge in [0.05, 0.1) is 7.11 Å². The molecule has 0 aromatic heterocycles. The Balaban J connectivity index is -0.000000362. The quantitative estimate of drug-likeness (QED) is 0.487. The number of halogens is 2. The molecule has 0 unspecified atom stereocenters. The Morgan fingerprint density at radius 3 is 1.84 bits per heavy atom. The predicted molar refractivity (Wildman–Crippen MR) is 93.3 cm³/mol. The minimum absolute atomic E-state index is 0. The van der Waals surface area contributed by atoms with Gasteiger partial charge in [-0.05, 0) is 28.5 Å². The molecule has 1 aliphatic carbocycles. The molecular weight excluding hydrogens is 391 g/mol. The molecule has 2 rings (SSSR count). The molecule has 1 aliphatic rings. The van der Waals surface area contributed by atoms with Gasteiger partial charge in [-0.25, -0.2) is 11.6 Å². The van der Waals surface area contributed by atoms with E-state index in [-0.39, 0.29) is 57.7 Å². The first-order valence-electron chi connectivity index (χ1n) is 7.70. The van der Waals surface area contributed by atoms with Crippen molar-refractivity contribution in [1.29, 1.82) is 0 Å². The molecule has 0 aliphatic heterocycles. The molecule has 0 radical (unpaired) electrons. The van der Waals surface area contributed by atoms with E-state index in [1.807, 2.05) is 6.07 Å². The number of phenolic OH excluding ortho intramolecular Hbond substituents is 1. The molecule has 1 N–H and O–H groups in total. The van der Waals surface area contributed by atoms with Crippen LogP contribution in [0.4, 0.5) is 0 Å². The van der Waals surface area contributed by atoms with Crippen LogP contribution < -0.4 is 29.6 Å². The third kappa shape index (κ3) is 10.4. The first-order valence-corrected chi connectivity index (χ1v) is 7.70. The van der Waals surface area contributed by atoms with E-state index < -0.39 is 0 Å². The van der Waals surface area contributed by atoms with Crippen molar-refractivity contribution in [2.75, 3.05) is 7.11 Å². The number of hydrogen-bond acceptors (Lipinski definition) is 2. The molecule has 2 nitrogen and oxygen atoms in total. The number of aromatic hydroxyl groups is 1. The maximum atomic E-state index is 9.41. The van der Waals surface area contributed by atoms with Gasteiger partial charge >= 0.3 is 0 Å². The Morgan fingerprint density at radius 2 is 1.52 bits per heavy atom. The number of benzene rings is 1. The maximum Gasteiger partial charge on any atom is 0.122 e. The van der Waals surface area contributed by atoms with Crippen LogP contribution >= 0.6 is 0 Å². The molecule has 0 saturated heterocycles. The topological polar surface area (TPSA) is 29.5 Å². The van der Waals surface area contributed by atoms with Crippen molar-refractivity contribution < 1.29 is 56.4 Å². The zero-order chi connectivity index (χ0) is 17.0. The molecule has 0 heterocycles. The molecule has 0 saturated carbocycles. The van der Waals surface area contributed by atoms with Crippen LogP contribution in [-0.2, 0) is 27.1 Å². The standard InChI is InChI=1S/C11H16O2.C9H13.2ClH.Ti/c1-11(2,3)8-5-9(12)7-10(6-8)13-4;1-9(2,3)8-6-4-5-7-8;;;/h5-7,12H,1-4H3;4,6H,5H2,1-3H3;2*1H;/q;-1;;;/p-2. The summed E-state index contributed by atoms with van der Waals surface area (Å²) in [7, 11) is 1.60. The predicted octanol–water partition coefficient (Wildman–Crippen LogP) is -0.574. The van der Waals surface area contributed by atoms with Gasteiger partial charge in [0.2, 0.25) is 0 Å². The average Bonchev–Trinajstić information content (AvgIpc) is 2.91. The van der Waals surface area contributed by atoms with Gasteiger partial charge in [-0.1, -0.05) is 41.5 Å². The molecule has 0 amide bonds. The smallest absolute Gasteiger partial charge is 0.122 e. The van der Waals surface area contributed by atoms with Crippen LogP contribution in [0.25, 0.3) is 0 Å². The zero-order valence-electron chi connectivity index (χ0n) is 16.2. The summed E-state index contributed by atoms with van der Waals surface area (Å²) < 4.78 is 5.07. The molecule has 142 valence electrons. The van der Waals surface area contributed by atoms with E-state index in [0.29, 0.717) is 11.2 Å². The fourth-order valence-electron chi connectivity index (χ4n) is 2.05. The van der Waals surface area contributed by atoms with E-state index in [1.165, 1.54) is 5.57 Å². The van der Waals surface area contributed by atoms with Gasteiger partial charge < -0.3 is 34.7 Å². The first-order chi connectivity index (χ1) is 10.0. The summed E-state index contributed by atoms with van der Waals surface area (Å²) in [6.07, 6.45) is 8.63. The average molecular weight is 420 g/mol. The SMILES string of the molecule is CC(C)(C)C1=[C-]CC=C1.COc1cc(O)cc(C(C)(C)C)c1.[Cl-].[Cl-].[Ti]. The van der Waals surface area contributed by atoms with Crippen molar-refractivity contribution in [1.82, 2.24) is 0 Å². The first kappa shape index (κ1) is 29.4. The van der Waals surface area contributed by atoms with Gasteiger partial charge in [0, 0.05) is 27.8 Å². The van der Waals surface area contributed by atoms with E-state index in [0.717, 1.165) is 12.0 Å². The van der Waals surface area contributed by atoms with Crippen LogP contribution in [0.3, 0.4) is 0 Å². The molecule has 25 heavy (non-hydrogen) atoms. The van der Waals surface area contributed by atoms with E-state index >= 15 is 0 Å². The van der Waals surface area contributed by atoms with Gasteiger partial charge in [0.1, 0.15) is 11.5 Å². The summed E-state index contributed by atoms with van der Waals surface area (Å²) in [6, 6.07) is 5.32. The third-order valence-corrected chi connectivity index (χ3v) is 3.50. The number of phenols is 1. The summed E-state index contributed by atoms with van der Waals surface area (Å²) >= 11 is 0. The fraction of sp³-hybridized carbons (Fsp3) is 0.500. The van der Waals surface area contributed by atoms with E-state index in [9.17, 15) is 5.11 Å². The van der Waals surface area contributed by atoms with Crippen LogP contribution in [0.1, 0.15) is 53.5 Å². The van der Waals surface area contributed by atoms with Crippen molar-refractivity contribution in [3.63, 3.8) is 0 Å². The Bertz CT molecular complexity index is 568. The third-order valence-electron chi connectivity index (χ3n) is 3.50. The summed E-state index contributed by atoms with van der Waals surface area (Å²) in [5.41, 5.74) is 2.76. The number of rotatable bonds is 1. The van der Waals surface area contributed by atoms with E-state index in [1.54, 1.807) is 19.2 Å². The molecule has 0 atom stereocenters. The number of hydrogen-bond donors (Lipinski definition) is 1. The molecule has 0 bridgehead atoms. The minimum Gasteiger partial charge on any atom is -1.00 e. The minimum atomic E-state index is 0. The van der Waals surface area contributed by atoms with Crippen LogP contribution in [-0.4, -0.2) is 12.2 Å². The second kappa shape index (κ2) is 12.1. The Kier molecular flexibility index (Phi) is 14.2. The largest absolute Gasteiger partial charge is 1.00 e. The van der Waals surface area contributed by atoms with Crippen LogP contribution in [0.15, 0.2) is 35.9 Å². The Labute approximate surface area is 180 Å². The molecule has 1 aromatic carbocycles. The molecule has 1 aromatic rings. The second-order valence-electron chi connectivity index (χ2n) is 7.62. The van der Waals surface area contributed by atoms with Gasteiger partial charge in [0.25, 0.3) is 0 Å². The van der Waals surface area contributed by atoms with Gasteiger partial charge in [-0.15, -0.1) is 6.42 Å². The van der Waals surface area contributed by atoms with Crippen LogP contribution in [0.5, 0.6) is 11.5 Å². The number of allylic oxidation sites excluding steroid dienone is 4. The summed E-state index contributed by atoms with van der Waals surface area (Å²) in [5.74, 6) is 0.953. The fourth-order valence-corrected chi connectivity index (χ4v) is 2.05. The van der Waals surface area contributed by atoms with Crippen LogP contribution in [0.2, 0.25) is 0 Å². The monoisotopic (exact) mass is 419 g/mol. The molecule has 5 heteroatoms. The van der Waals surface area contributed by atoms with Gasteiger partial charge in [-0.3, -0.25) is 6.08 Å². The summed E-state index contributed by atoms with van der Waals surface area (Å²) in [5, 5.41) is 9.41. The Hall–Kier alpha value is -0.406. The Morgan fingerprint density at radius 1 is 0.960 bits per heavy atom. The van der Waals surface area contributed by atoms with Gasteiger partial charge in [-0.2, -0.15) is 6.08 Å². The molecule has 0 fully saturated rings. The van der Waals surface area contributed by atoms with Crippen molar-refractivity contribution >= 4 is 0 Å². The number of methoxy groups -OCH3 is 1.